The van der Waals surface area contributed by atoms with Gasteiger partial charge < -0.3 is 14.4 Å². The van der Waals surface area contributed by atoms with Gasteiger partial charge in [-0.1, -0.05) is 24.3 Å². The Morgan fingerprint density at radius 2 is 2.03 bits per heavy atom. The van der Waals surface area contributed by atoms with Crippen molar-refractivity contribution in [2.75, 3.05) is 13.1 Å². The van der Waals surface area contributed by atoms with Gasteiger partial charge in [-0.15, -0.1) is 11.3 Å². The monoisotopic (exact) mass is 422 g/mol. The van der Waals surface area contributed by atoms with E-state index < -0.39 is 0 Å². The second kappa shape index (κ2) is 9.54. The number of carbonyl (C=O) groups is 2. The Morgan fingerprint density at radius 1 is 1.13 bits per heavy atom. The molecule has 3 heterocycles. The van der Waals surface area contributed by atoms with Crippen LogP contribution in [0.25, 0.3) is 0 Å². The number of pyridine rings is 1. The van der Waals surface area contributed by atoms with Crippen LogP contribution in [0, 0.1) is 5.92 Å². The van der Waals surface area contributed by atoms with E-state index in [9.17, 15) is 9.59 Å². The highest BCUT2D eigenvalue weighted by Gasteiger charge is 2.30. The third kappa shape index (κ3) is 4.86. The van der Waals surface area contributed by atoms with Gasteiger partial charge in [-0.2, -0.15) is 0 Å². The molecule has 1 fully saturated rings. The van der Waals surface area contributed by atoms with Crippen molar-refractivity contribution >= 4 is 23.2 Å². The van der Waals surface area contributed by atoms with Crippen LogP contribution in [-0.2, 0) is 16.1 Å². The first-order valence-corrected chi connectivity index (χ1v) is 10.7. The SMILES string of the molecule is O=C(OCc1ccccc1Oc1cccnc1)C1CCCN(C(=O)c2cccs2)C1. The molecule has 0 radical (unpaired) electrons. The molecule has 3 aromatic rings. The number of ether oxygens (including phenoxy) is 2. The number of nitrogens with zero attached hydrogens (tertiary/aromatic N) is 2. The maximum absolute atomic E-state index is 12.7. The molecule has 0 saturated carbocycles. The molecule has 0 aliphatic carbocycles. The van der Waals surface area contributed by atoms with Crippen molar-refractivity contribution in [3.8, 4) is 11.5 Å². The third-order valence-corrected chi connectivity index (χ3v) is 5.84. The second-order valence-corrected chi connectivity index (χ2v) is 8.02. The van der Waals surface area contributed by atoms with E-state index in [1.165, 1.54) is 11.3 Å². The van der Waals surface area contributed by atoms with Crippen molar-refractivity contribution < 1.29 is 19.1 Å². The van der Waals surface area contributed by atoms with E-state index in [0.29, 0.717) is 29.5 Å². The Bertz CT molecular complexity index is 991. The molecular weight excluding hydrogens is 400 g/mol. The molecule has 0 N–H and O–H groups in total. The number of likely N-dealkylation sites (tertiary alicyclic amines) is 1. The number of hydrogen-bond donors (Lipinski definition) is 0. The fourth-order valence-electron chi connectivity index (χ4n) is 3.43. The maximum Gasteiger partial charge on any atom is 0.311 e. The lowest BCUT2D eigenvalue weighted by Crippen LogP contribution is -2.42. The minimum atomic E-state index is -0.311. The van der Waals surface area contributed by atoms with Crippen LogP contribution in [0.4, 0.5) is 0 Å². The zero-order valence-electron chi connectivity index (χ0n) is 16.4. The molecule has 6 nitrogen and oxygen atoms in total. The smallest absolute Gasteiger partial charge is 0.311 e. The summed E-state index contributed by atoms with van der Waals surface area (Å²) in [4.78, 5) is 31.8. The predicted molar refractivity (Wildman–Crippen MR) is 113 cm³/mol. The highest BCUT2D eigenvalue weighted by atomic mass is 32.1. The molecule has 1 saturated heterocycles. The molecular formula is C23H22N2O4S. The number of carbonyl (C=O) groups excluding carboxylic acids is 2. The molecule has 30 heavy (non-hydrogen) atoms. The van der Waals surface area contributed by atoms with Crippen molar-refractivity contribution in [3.05, 3.63) is 76.7 Å². The van der Waals surface area contributed by atoms with Gasteiger partial charge in [0, 0.05) is 24.8 Å². The summed E-state index contributed by atoms with van der Waals surface area (Å²) < 4.78 is 11.5. The summed E-state index contributed by atoms with van der Waals surface area (Å²) >= 11 is 1.42. The topological polar surface area (TPSA) is 68.7 Å². The number of piperidine rings is 1. The summed E-state index contributed by atoms with van der Waals surface area (Å²) in [5.41, 5.74) is 0.775. The molecule has 2 aromatic heterocycles. The van der Waals surface area contributed by atoms with Gasteiger partial charge in [0.1, 0.15) is 18.1 Å². The number of para-hydroxylation sites is 1. The number of esters is 1. The van der Waals surface area contributed by atoms with Gasteiger partial charge in [0.25, 0.3) is 5.91 Å². The lowest BCUT2D eigenvalue weighted by molar-refractivity contribution is -0.151. The highest BCUT2D eigenvalue weighted by molar-refractivity contribution is 7.12. The molecule has 4 rings (SSSR count). The minimum Gasteiger partial charge on any atom is -0.460 e. The van der Waals surface area contributed by atoms with E-state index in [4.69, 9.17) is 9.47 Å². The van der Waals surface area contributed by atoms with Gasteiger partial charge in [-0.3, -0.25) is 14.6 Å². The number of hydrogen-bond acceptors (Lipinski definition) is 6. The number of amides is 1. The van der Waals surface area contributed by atoms with Crippen molar-refractivity contribution in [3.63, 3.8) is 0 Å². The number of rotatable bonds is 6. The number of thiophene rings is 1. The van der Waals surface area contributed by atoms with Crippen LogP contribution in [0.2, 0.25) is 0 Å². The molecule has 1 amide bonds. The van der Waals surface area contributed by atoms with Crippen LogP contribution in [0.5, 0.6) is 11.5 Å². The van der Waals surface area contributed by atoms with Crippen molar-refractivity contribution in [1.29, 1.82) is 0 Å². The zero-order valence-corrected chi connectivity index (χ0v) is 17.2. The summed E-state index contributed by atoms with van der Waals surface area (Å²) in [7, 11) is 0. The van der Waals surface area contributed by atoms with Crippen molar-refractivity contribution in [2.45, 2.75) is 19.4 Å². The summed E-state index contributed by atoms with van der Waals surface area (Å²) in [6.45, 7) is 1.18. The Kier molecular flexibility index (Phi) is 6.39. The summed E-state index contributed by atoms with van der Waals surface area (Å²) in [5.74, 6) is 0.629. The lowest BCUT2D eigenvalue weighted by Gasteiger charge is -2.31. The van der Waals surface area contributed by atoms with E-state index in [-0.39, 0.29) is 24.4 Å². The van der Waals surface area contributed by atoms with Gasteiger partial charge in [0.2, 0.25) is 0 Å². The lowest BCUT2D eigenvalue weighted by atomic mass is 9.98. The molecule has 7 heteroatoms. The largest absolute Gasteiger partial charge is 0.460 e. The molecule has 1 aromatic carbocycles. The normalized spacial score (nSPS) is 16.1. The van der Waals surface area contributed by atoms with Crippen molar-refractivity contribution in [2.24, 2.45) is 5.92 Å². The highest BCUT2D eigenvalue weighted by Crippen LogP contribution is 2.26. The number of aromatic nitrogens is 1. The molecule has 1 unspecified atom stereocenters. The molecule has 1 aliphatic rings. The first-order chi connectivity index (χ1) is 14.7. The van der Waals surface area contributed by atoms with E-state index in [1.807, 2.05) is 47.8 Å². The fourth-order valence-corrected chi connectivity index (χ4v) is 4.12. The van der Waals surface area contributed by atoms with Crippen LogP contribution in [-0.4, -0.2) is 34.8 Å². The van der Waals surface area contributed by atoms with Gasteiger partial charge >= 0.3 is 5.97 Å². The predicted octanol–water partition coefficient (Wildman–Crippen LogP) is 4.53. The van der Waals surface area contributed by atoms with Crippen molar-refractivity contribution in [1.82, 2.24) is 9.88 Å². The molecule has 1 atom stereocenters. The second-order valence-electron chi connectivity index (χ2n) is 7.07. The van der Waals surface area contributed by atoms with Gasteiger partial charge in [-0.25, -0.2) is 0 Å². The fraction of sp³-hybridized carbons (Fsp3) is 0.261. The van der Waals surface area contributed by atoms with E-state index in [0.717, 1.165) is 18.4 Å². The minimum absolute atomic E-state index is 0.0160. The summed E-state index contributed by atoms with van der Waals surface area (Å²) in [6, 6.07) is 14.7. The number of benzene rings is 1. The van der Waals surface area contributed by atoms with E-state index in [1.54, 1.807) is 23.4 Å². The third-order valence-electron chi connectivity index (χ3n) is 4.98. The van der Waals surface area contributed by atoms with Gasteiger partial charge in [0.05, 0.1) is 17.0 Å². The van der Waals surface area contributed by atoms with Crippen LogP contribution in [0.3, 0.4) is 0 Å². The average molecular weight is 423 g/mol. The van der Waals surface area contributed by atoms with Crippen LogP contribution >= 0.6 is 11.3 Å². The average Bonchev–Trinajstić information content (AvgIpc) is 3.33. The quantitative estimate of drug-likeness (QED) is 0.546. The Balaban J connectivity index is 1.36. The van der Waals surface area contributed by atoms with Gasteiger partial charge in [-0.05, 0) is 42.5 Å². The first-order valence-electron chi connectivity index (χ1n) is 9.86. The van der Waals surface area contributed by atoms with E-state index >= 15 is 0 Å². The Morgan fingerprint density at radius 3 is 2.83 bits per heavy atom. The van der Waals surface area contributed by atoms with E-state index in [2.05, 4.69) is 4.98 Å². The standard InChI is InChI=1S/C23H22N2O4S/c26-22(21-10-5-13-30-21)25-12-4-7-17(15-25)23(27)28-16-18-6-1-2-9-20(18)29-19-8-3-11-24-14-19/h1-3,5-6,8-11,13-14,17H,4,7,12,15-16H2. The van der Waals surface area contributed by atoms with Crippen LogP contribution in [0.15, 0.2) is 66.3 Å². The molecule has 0 bridgehead atoms. The molecule has 154 valence electrons. The maximum atomic E-state index is 12.7. The molecule has 0 spiro atoms. The Hall–Kier alpha value is -3.19. The summed E-state index contributed by atoms with van der Waals surface area (Å²) in [5, 5.41) is 1.88. The van der Waals surface area contributed by atoms with Crippen LogP contribution in [0.1, 0.15) is 28.1 Å². The van der Waals surface area contributed by atoms with Crippen LogP contribution < -0.4 is 4.74 Å². The zero-order chi connectivity index (χ0) is 20.8. The first kappa shape index (κ1) is 20.1. The summed E-state index contributed by atoms with van der Waals surface area (Å²) in [6.07, 6.45) is 4.82. The Labute approximate surface area is 179 Å². The van der Waals surface area contributed by atoms with Gasteiger partial charge in [0.15, 0.2) is 0 Å². The molecule has 1 aliphatic heterocycles.